The second-order valence-corrected chi connectivity index (χ2v) is 4.90. The quantitative estimate of drug-likeness (QED) is 0.348. The average molecular weight is 264 g/mol. The number of hydrogen-bond donors (Lipinski definition) is 2. The largest absolute Gasteiger partial charge is 0.409 e. The molecule has 0 radical (unpaired) electrons. The minimum absolute atomic E-state index is 0.0599. The molecule has 0 atom stereocenters. The predicted molar refractivity (Wildman–Crippen MR) is 73.5 cm³/mol. The number of hydrogen-bond acceptors (Lipinski definition) is 6. The molecule has 0 amide bonds. The van der Waals surface area contributed by atoms with E-state index in [0.717, 1.165) is 25.9 Å². The lowest BCUT2D eigenvalue weighted by atomic mass is 10.0. The second kappa shape index (κ2) is 5.83. The van der Waals surface area contributed by atoms with Gasteiger partial charge in [0.1, 0.15) is 0 Å². The Morgan fingerprint density at radius 3 is 2.84 bits per heavy atom. The van der Waals surface area contributed by atoms with Crippen LogP contribution in [-0.2, 0) is 0 Å². The van der Waals surface area contributed by atoms with Gasteiger partial charge in [0.25, 0.3) is 0 Å². The molecule has 1 aromatic rings. The summed E-state index contributed by atoms with van der Waals surface area (Å²) in [6, 6.07) is 2.11. The highest BCUT2D eigenvalue weighted by molar-refractivity contribution is 6.01. The zero-order valence-electron chi connectivity index (χ0n) is 11.3. The van der Waals surface area contributed by atoms with Crippen LogP contribution in [0.25, 0.3) is 0 Å². The molecule has 2 heterocycles. The van der Waals surface area contributed by atoms with Crippen molar-refractivity contribution >= 4 is 11.7 Å². The molecule has 1 saturated heterocycles. The van der Waals surface area contributed by atoms with Crippen LogP contribution < -0.4 is 10.6 Å². The van der Waals surface area contributed by atoms with Gasteiger partial charge in [0.15, 0.2) is 11.7 Å². The van der Waals surface area contributed by atoms with Gasteiger partial charge in [-0.15, -0.1) is 5.10 Å². The summed E-state index contributed by atoms with van der Waals surface area (Å²) in [5.74, 6) is 0.719. The zero-order chi connectivity index (χ0) is 13.8. The number of aromatic nitrogens is 2. The van der Waals surface area contributed by atoms with Gasteiger partial charge in [-0.1, -0.05) is 5.16 Å². The summed E-state index contributed by atoms with van der Waals surface area (Å²) in [4.78, 5) is 4.39. The third kappa shape index (κ3) is 2.93. The molecule has 0 saturated carbocycles. The summed E-state index contributed by atoms with van der Waals surface area (Å²) in [5.41, 5.74) is 6.29. The third-order valence-electron chi connectivity index (χ3n) is 3.65. The summed E-state index contributed by atoms with van der Waals surface area (Å²) in [6.07, 6.45) is 3.68. The number of rotatable bonds is 3. The van der Waals surface area contributed by atoms with E-state index in [1.54, 1.807) is 12.3 Å². The maximum atomic E-state index is 8.83. The lowest BCUT2D eigenvalue weighted by molar-refractivity contribution is 0.252. The van der Waals surface area contributed by atoms with Gasteiger partial charge in [-0.2, -0.15) is 5.10 Å². The standard InChI is InChI=1S/C12H20N6O/c1-17-7-4-9(5-8-17)18(2)12-10(11(13)16-19)3-6-14-15-12/h3,6,9,19H,4-5,7-8H2,1-2H3,(H2,13,16). The van der Waals surface area contributed by atoms with Gasteiger partial charge in [-0.25, -0.2) is 0 Å². The minimum Gasteiger partial charge on any atom is -0.409 e. The molecule has 19 heavy (non-hydrogen) atoms. The van der Waals surface area contributed by atoms with Gasteiger partial charge in [-0.3, -0.25) is 0 Å². The van der Waals surface area contributed by atoms with E-state index in [9.17, 15) is 0 Å². The van der Waals surface area contributed by atoms with E-state index in [-0.39, 0.29) is 5.84 Å². The van der Waals surface area contributed by atoms with Crippen LogP contribution in [0.3, 0.4) is 0 Å². The molecule has 0 aliphatic carbocycles. The minimum atomic E-state index is 0.0599. The fraction of sp³-hybridized carbons (Fsp3) is 0.583. The molecule has 104 valence electrons. The molecule has 0 spiro atoms. The van der Waals surface area contributed by atoms with E-state index in [1.165, 1.54) is 0 Å². The van der Waals surface area contributed by atoms with Crippen molar-refractivity contribution in [2.24, 2.45) is 10.9 Å². The van der Waals surface area contributed by atoms with Gasteiger partial charge >= 0.3 is 0 Å². The van der Waals surface area contributed by atoms with Crippen molar-refractivity contribution in [3.63, 3.8) is 0 Å². The highest BCUT2D eigenvalue weighted by Crippen LogP contribution is 2.22. The number of oxime groups is 1. The number of likely N-dealkylation sites (tertiary alicyclic amines) is 1. The number of amidine groups is 1. The normalized spacial score (nSPS) is 18.5. The molecule has 7 heteroatoms. The Kier molecular flexibility index (Phi) is 4.16. The smallest absolute Gasteiger partial charge is 0.173 e. The number of nitrogens with zero attached hydrogens (tertiary/aromatic N) is 5. The van der Waals surface area contributed by atoms with Gasteiger partial charge in [0, 0.05) is 13.1 Å². The van der Waals surface area contributed by atoms with Crippen LogP contribution in [0.5, 0.6) is 0 Å². The van der Waals surface area contributed by atoms with Crippen LogP contribution in [0.4, 0.5) is 5.82 Å². The van der Waals surface area contributed by atoms with E-state index >= 15 is 0 Å². The summed E-state index contributed by atoms with van der Waals surface area (Å²) in [5, 5.41) is 19.9. The van der Waals surface area contributed by atoms with Gasteiger partial charge in [0.2, 0.25) is 0 Å². The Balaban J connectivity index is 2.21. The molecule has 1 fully saturated rings. The van der Waals surface area contributed by atoms with E-state index in [2.05, 4.69) is 32.2 Å². The molecule has 1 aromatic heterocycles. The zero-order valence-corrected chi connectivity index (χ0v) is 11.3. The van der Waals surface area contributed by atoms with E-state index < -0.39 is 0 Å². The Morgan fingerprint density at radius 2 is 2.21 bits per heavy atom. The van der Waals surface area contributed by atoms with Crippen molar-refractivity contribution in [3.05, 3.63) is 17.8 Å². The maximum absolute atomic E-state index is 8.83. The Hall–Kier alpha value is -1.89. The first kappa shape index (κ1) is 13.5. The van der Waals surface area contributed by atoms with Crippen molar-refractivity contribution in [2.45, 2.75) is 18.9 Å². The molecule has 1 aliphatic rings. The lowest BCUT2D eigenvalue weighted by Crippen LogP contribution is -2.43. The predicted octanol–water partition coefficient (Wildman–Crippen LogP) is 0.102. The number of anilines is 1. The first-order valence-corrected chi connectivity index (χ1v) is 6.34. The lowest BCUT2D eigenvalue weighted by Gasteiger charge is -2.36. The molecular weight excluding hydrogens is 244 g/mol. The number of nitrogens with two attached hydrogens (primary N) is 1. The fourth-order valence-corrected chi connectivity index (χ4v) is 2.39. The van der Waals surface area contributed by atoms with Gasteiger partial charge < -0.3 is 20.7 Å². The first-order valence-electron chi connectivity index (χ1n) is 6.34. The van der Waals surface area contributed by atoms with Crippen LogP contribution in [0.15, 0.2) is 17.4 Å². The Labute approximate surface area is 112 Å². The average Bonchev–Trinajstić information content (AvgIpc) is 2.46. The van der Waals surface area contributed by atoms with E-state index in [1.807, 2.05) is 7.05 Å². The van der Waals surface area contributed by atoms with Crippen LogP contribution >= 0.6 is 0 Å². The number of piperidine rings is 1. The van der Waals surface area contributed by atoms with Crippen LogP contribution in [0.1, 0.15) is 18.4 Å². The highest BCUT2D eigenvalue weighted by atomic mass is 16.4. The van der Waals surface area contributed by atoms with Gasteiger partial charge in [-0.05, 0) is 39.0 Å². The van der Waals surface area contributed by atoms with Crippen molar-refractivity contribution in [3.8, 4) is 0 Å². The first-order chi connectivity index (χ1) is 9.13. The molecule has 0 aromatic carbocycles. The monoisotopic (exact) mass is 264 g/mol. The fourth-order valence-electron chi connectivity index (χ4n) is 2.39. The molecule has 1 aliphatic heterocycles. The van der Waals surface area contributed by atoms with Crippen molar-refractivity contribution in [1.82, 2.24) is 15.1 Å². The second-order valence-electron chi connectivity index (χ2n) is 4.90. The van der Waals surface area contributed by atoms with Crippen molar-refractivity contribution < 1.29 is 5.21 Å². The van der Waals surface area contributed by atoms with E-state index in [0.29, 0.717) is 17.4 Å². The third-order valence-corrected chi connectivity index (χ3v) is 3.65. The maximum Gasteiger partial charge on any atom is 0.173 e. The van der Waals surface area contributed by atoms with Crippen molar-refractivity contribution in [1.29, 1.82) is 0 Å². The van der Waals surface area contributed by atoms with Crippen LogP contribution in [-0.4, -0.2) is 59.4 Å². The van der Waals surface area contributed by atoms with E-state index in [4.69, 9.17) is 10.9 Å². The molecule has 2 rings (SSSR count). The van der Waals surface area contributed by atoms with Gasteiger partial charge in [0.05, 0.1) is 11.8 Å². The topological polar surface area (TPSA) is 90.9 Å². The summed E-state index contributed by atoms with van der Waals surface area (Å²) in [6.45, 7) is 2.13. The van der Waals surface area contributed by atoms with Crippen LogP contribution in [0, 0.1) is 0 Å². The Morgan fingerprint density at radius 1 is 1.53 bits per heavy atom. The van der Waals surface area contributed by atoms with Crippen LogP contribution in [0.2, 0.25) is 0 Å². The summed E-state index contributed by atoms with van der Waals surface area (Å²) < 4.78 is 0. The summed E-state index contributed by atoms with van der Waals surface area (Å²) >= 11 is 0. The Bertz CT molecular complexity index is 455. The van der Waals surface area contributed by atoms with Crippen molar-refractivity contribution in [2.75, 3.05) is 32.1 Å². The SMILES string of the molecule is CN1CCC(N(C)c2nnccc2/C(N)=N/O)CC1. The highest BCUT2D eigenvalue weighted by Gasteiger charge is 2.24. The molecule has 7 nitrogen and oxygen atoms in total. The molecule has 3 N–H and O–H groups in total. The molecular formula is C12H20N6O. The molecule has 0 unspecified atom stereocenters. The summed E-state index contributed by atoms with van der Waals surface area (Å²) in [7, 11) is 4.11. The molecule has 0 bridgehead atoms.